The molecule has 0 spiro atoms. The highest BCUT2D eigenvalue weighted by Gasteiger charge is 2.27. The quantitative estimate of drug-likeness (QED) is 0.789. The molecule has 1 saturated heterocycles. The highest BCUT2D eigenvalue weighted by atomic mass is 32.2. The first-order chi connectivity index (χ1) is 8.48. The highest BCUT2D eigenvalue weighted by Crippen LogP contribution is 2.29. The maximum absolute atomic E-state index is 9.37. The standard InChI is InChI=1S/C13H20BNO2S/c1-13(2)10-15(7-8-18-13)9-11-5-3-4-6-12(11)14(16)17/h3-6,16-17H,7-10H2,1-2H3. The van der Waals surface area contributed by atoms with Gasteiger partial charge in [-0.15, -0.1) is 0 Å². The summed E-state index contributed by atoms with van der Waals surface area (Å²) in [7, 11) is -1.38. The molecule has 2 N–H and O–H groups in total. The Morgan fingerprint density at radius 3 is 2.72 bits per heavy atom. The third kappa shape index (κ3) is 3.51. The van der Waals surface area contributed by atoms with Gasteiger partial charge in [-0.25, -0.2) is 0 Å². The molecule has 0 aliphatic carbocycles. The van der Waals surface area contributed by atoms with Crippen molar-refractivity contribution in [1.82, 2.24) is 4.90 Å². The summed E-state index contributed by atoms with van der Waals surface area (Å²) in [6.45, 7) is 7.41. The molecule has 0 saturated carbocycles. The van der Waals surface area contributed by atoms with Crippen LogP contribution in [0.2, 0.25) is 0 Å². The molecule has 0 radical (unpaired) electrons. The first-order valence-corrected chi connectivity index (χ1v) is 7.27. The minimum atomic E-state index is -1.38. The van der Waals surface area contributed by atoms with Gasteiger partial charge >= 0.3 is 7.12 Å². The average Bonchev–Trinajstić information content (AvgIpc) is 2.28. The van der Waals surface area contributed by atoms with Crippen LogP contribution in [0.1, 0.15) is 19.4 Å². The van der Waals surface area contributed by atoms with Gasteiger partial charge in [0, 0.05) is 30.1 Å². The predicted molar refractivity (Wildman–Crippen MR) is 78.1 cm³/mol. The first-order valence-electron chi connectivity index (χ1n) is 6.28. The zero-order chi connectivity index (χ0) is 13.2. The summed E-state index contributed by atoms with van der Waals surface area (Å²) in [5.74, 6) is 1.14. The van der Waals surface area contributed by atoms with Gasteiger partial charge in [0.2, 0.25) is 0 Å². The fraction of sp³-hybridized carbons (Fsp3) is 0.538. The van der Waals surface area contributed by atoms with Gasteiger partial charge in [-0.2, -0.15) is 11.8 Å². The molecule has 1 fully saturated rings. The molecule has 0 amide bonds. The van der Waals surface area contributed by atoms with Crippen molar-refractivity contribution in [1.29, 1.82) is 0 Å². The van der Waals surface area contributed by atoms with E-state index in [-0.39, 0.29) is 4.75 Å². The van der Waals surface area contributed by atoms with E-state index in [0.29, 0.717) is 5.46 Å². The lowest BCUT2D eigenvalue weighted by molar-refractivity contribution is 0.253. The van der Waals surface area contributed by atoms with Gasteiger partial charge in [-0.05, 0) is 24.9 Å². The largest absolute Gasteiger partial charge is 0.488 e. The highest BCUT2D eigenvalue weighted by molar-refractivity contribution is 8.00. The minimum Gasteiger partial charge on any atom is -0.423 e. The molecule has 0 unspecified atom stereocenters. The van der Waals surface area contributed by atoms with Crippen LogP contribution in [-0.2, 0) is 6.54 Å². The van der Waals surface area contributed by atoms with Crippen LogP contribution in [0, 0.1) is 0 Å². The summed E-state index contributed by atoms with van der Waals surface area (Å²) in [6.07, 6.45) is 0. The third-order valence-corrected chi connectivity index (χ3v) is 4.53. The van der Waals surface area contributed by atoms with Crippen LogP contribution in [0.5, 0.6) is 0 Å². The zero-order valence-electron chi connectivity index (χ0n) is 11.0. The van der Waals surface area contributed by atoms with Crippen LogP contribution in [0.4, 0.5) is 0 Å². The van der Waals surface area contributed by atoms with E-state index >= 15 is 0 Å². The van der Waals surface area contributed by atoms with Crippen molar-refractivity contribution < 1.29 is 10.0 Å². The summed E-state index contributed by atoms with van der Waals surface area (Å²) >= 11 is 2.00. The molecule has 98 valence electrons. The van der Waals surface area contributed by atoms with E-state index < -0.39 is 7.12 Å². The fourth-order valence-electron chi connectivity index (χ4n) is 2.42. The van der Waals surface area contributed by atoms with E-state index in [4.69, 9.17) is 0 Å². The van der Waals surface area contributed by atoms with Gasteiger partial charge in [0.25, 0.3) is 0 Å². The van der Waals surface area contributed by atoms with Gasteiger partial charge < -0.3 is 10.0 Å². The fourth-order valence-corrected chi connectivity index (χ4v) is 3.60. The molecule has 0 aromatic heterocycles. The number of hydrogen-bond acceptors (Lipinski definition) is 4. The van der Waals surface area contributed by atoms with E-state index in [0.717, 1.165) is 31.0 Å². The molecule has 1 heterocycles. The topological polar surface area (TPSA) is 43.7 Å². The van der Waals surface area contributed by atoms with Crippen molar-refractivity contribution in [2.75, 3.05) is 18.8 Å². The second-order valence-electron chi connectivity index (χ2n) is 5.39. The Balaban J connectivity index is 2.09. The molecule has 1 aromatic rings. The van der Waals surface area contributed by atoms with Gasteiger partial charge in [0.05, 0.1) is 0 Å². The van der Waals surface area contributed by atoms with Gasteiger partial charge in [0.1, 0.15) is 0 Å². The Kier molecular flexibility index (Phi) is 4.38. The Morgan fingerprint density at radius 2 is 2.06 bits per heavy atom. The lowest BCUT2D eigenvalue weighted by atomic mass is 9.77. The van der Waals surface area contributed by atoms with E-state index in [2.05, 4.69) is 18.7 Å². The van der Waals surface area contributed by atoms with Gasteiger partial charge in [0.15, 0.2) is 0 Å². The normalized spacial score (nSPS) is 19.8. The van der Waals surface area contributed by atoms with Crippen LogP contribution in [0.3, 0.4) is 0 Å². The molecule has 2 rings (SSSR count). The maximum atomic E-state index is 9.37. The summed E-state index contributed by atoms with van der Waals surface area (Å²) in [5, 5.41) is 18.7. The Labute approximate surface area is 113 Å². The van der Waals surface area contributed by atoms with Gasteiger partial charge in [-0.1, -0.05) is 24.3 Å². The predicted octanol–water partition coefficient (Wildman–Crippen LogP) is 0.694. The summed E-state index contributed by atoms with van der Waals surface area (Å²) in [4.78, 5) is 2.39. The van der Waals surface area contributed by atoms with E-state index in [9.17, 15) is 10.0 Å². The number of benzene rings is 1. The lowest BCUT2D eigenvalue weighted by Gasteiger charge is -2.37. The number of rotatable bonds is 3. The molecular weight excluding hydrogens is 245 g/mol. The van der Waals surface area contributed by atoms with Crippen LogP contribution >= 0.6 is 11.8 Å². The average molecular weight is 265 g/mol. The molecule has 1 aromatic carbocycles. The second kappa shape index (κ2) is 5.65. The number of hydrogen-bond donors (Lipinski definition) is 2. The SMILES string of the molecule is CC1(C)CN(Cc2ccccc2B(O)O)CCS1. The summed E-state index contributed by atoms with van der Waals surface area (Å²) in [5.41, 5.74) is 1.63. The minimum absolute atomic E-state index is 0.283. The first kappa shape index (κ1) is 13.9. The van der Waals surface area contributed by atoms with Crippen LogP contribution in [0.25, 0.3) is 0 Å². The number of nitrogens with zero attached hydrogens (tertiary/aromatic N) is 1. The van der Waals surface area contributed by atoms with E-state index in [1.165, 1.54) is 0 Å². The molecule has 1 aliphatic heterocycles. The van der Waals surface area contributed by atoms with Crippen molar-refractivity contribution in [3.05, 3.63) is 29.8 Å². The van der Waals surface area contributed by atoms with Crippen LogP contribution in [-0.4, -0.2) is 45.7 Å². The molecule has 1 aliphatic rings. The van der Waals surface area contributed by atoms with Crippen molar-refractivity contribution in [3.8, 4) is 0 Å². The third-order valence-electron chi connectivity index (χ3n) is 3.23. The monoisotopic (exact) mass is 265 g/mol. The van der Waals surface area contributed by atoms with E-state index in [1.807, 2.05) is 30.0 Å². The number of thioether (sulfide) groups is 1. The Morgan fingerprint density at radius 1 is 1.33 bits per heavy atom. The molecule has 18 heavy (non-hydrogen) atoms. The Hall–Kier alpha value is -0.485. The van der Waals surface area contributed by atoms with Crippen molar-refractivity contribution in [2.45, 2.75) is 25.1 Å². The van der Waals surface area contributed by atoms with Crippen molar-refractivity contribution in [3.63, 3.8) is 0 Å². The van der Waals surface area contributed by atoms with Crippen LogP contribution in [0.15, 0.2) is 24.3 Å². The summed E-state index contributed by atoms with van der Waals surface area (Å²) < 4.78 is 0.283. The summed E-state index contributed by atoms with van der Waals surface area (Å²) in [6, 6.07) is 7.55. The molecule has 5 heteroatoms. The molecular formula is C13H20BNO2S. The van der Waals surface area contributed by atoms with Crippen molar-refractivity contribution >= 4 is 24.3 Å². The smallest absolute Gasteiger partial charge is 0.423 e. The Bertz CT molecular complexity index is 412. The molecule has 3 nitrogen and oxygen atoms in total. The molecule has 0 atom stereocenters. The maximum Gasteiger partial charge on any atom is 0.488 e. The van der Waals surface area contributed by atoms with Crippen molar-refractivity contribution in [2.24, 2.45) is 0 Å². The zero-order valence-corrected chi connectivity index (χ0v) is 11.8. The lowest BCUT2D eigenvalue weighted by Crippen LogP contribution is -2.44. The molecule has 0 bridgehead atoms. The van der Waals surface area contributed by atoms with E-state index in [1.54, 1.807) is 6.07 Å². The van der Waals surface area contributed by atoms with Gasteiger partial charge in [-0.3, -0.25) is 4.90 Å². The second-order valence-corrected chi connectivity index (χ2v) is 7.19. The van der Waals surface area contributed by atoms with Crippen LogP contribution < -0.4 is 5.46 Å².